The maximum Gasteiger partial charge on any atom is 0.472 e. The Hall–Kier alpha value is -2.46. The van der Waals surface area contributed by atoms with Crippen LogP contribution in [0.1, 0.15) is 331 Å². The molecule has 0 amide bonds. The number of carbonyl (C=O) groups is 4. The second-order valence-corrected chi connectivity index (χ2v) is 29.0. The van der Waals surface area contributed by atoms with E-state index < -0.39 is 97.5 Å². The lowest BCUT2D eigenvalue weighted by Gasteiger charge is -2.21. The number of allylic oxidation sites excluding steroid dienone is 4. The molecule has 0 spiro atoms. The third-order valence-corrected chi connectivity index (χ3v) is 18.0. The predicted molar refractivity (Wildman–Crippen MR) is 363 cm³/mol. The monoisotopic (exact) mass is 1320 g/mol. The first-order valence-electron chi connectivity index (χ1n) is 36.2. The summed E-state index contributed by atoms with van der Waals surface area (Å²) in [5.41, 5.74) is 0. The normalized spacial score (nSPS) is 14.7. The summed E-state index contributed by atoms with van der Waals surface area (Å²) < 4.78 is 68.2. The first kappa shape index (κ1) is 87.5. The number of esters is 4. The van der Waals surface area contributed by atoms with E-state index >= 15 is 0 Å². The molecule has 6 atom stereocenters. The standard InChI is InChI=1S/C71H134O17P2/c1-8-10-11-12-13-14-15-16-17-18-23-26-31-40-47-54-70(75)87-66(58-81-68(73)52-45-38-30-25-22-20-19-21-24-28-35-42-49-62(3)4)60-85-89(77,78)83-56-65(72)57-84-90(79,80)86-61-67(88-71(76)55-48-41-32-27-29-36-43-50-63(5)6)59-82-69(74)53-46-39-34-33-37-44-51-64(7)9-2/h14-17,62-67,72H,8-13,18-61H2,1-7H3,(H,77,78)(H,79,80)/b15-14-,17-16-/t64?,65-,66-,67-/m1/s1. The number of hydrogen-bond acceptors (Lipinski definition) is 15. The van der Waals surface area contributed by atoms with E-state index in [2.05, 4.69) is 72.8 Å². The van der Waals surface area contributed by atoms with Gasteiger partial charge in [-0.1, -0.05) is 278 Å². The molecule has 17 nitrogen and oxygen atoms in total. The molecule has 0 aromatic heterocycles. The first-order chi connectivity index (χ1) is 43.3. The zero-order valence-electron chi connectivity index (χ0n) is 58.1. The summed E-state index contributed by atoms with van der Waals surface area (Å²) in [6.07, 6.45) is 48.1. The van der Waals surface area contributed by atoms with Crippen LogP contribution in [-0.2, 0) is 65.4 Å². The highest BCUT2D eigenvalue weighted by Gasteiger charge is 2.30. The van der Waals surface area contributed by atoms with E-state index in [0.717, 1.165) is 121 Å². The highest BCUT2D eigenvalue weighted by molar-refractivity contribution is 7.47. The van der Waals surface area contributed by atoms with Gasteiger partial charge in [0.15, 0.2) is 12.2 Å². The molecule has 3 unspecified atom stereocenters. The minimum absolute atomic E-state index is 0.0844. The Bertz CT molecular complexity index is 1860. The fourth-order valence-corrected chi connectivity index (χ4v) is 11.7. The molecule has 0 saturated carbocycles. The van der Waals surface area contributed by atoms with Crippen molar-refractivity contribution in [3.8, 4) is 0 Å². The van der Waals surface area contributed by atoms with Crippen LogP contribution in [0, 0.1) is 17.8 Å². The minimum Gasteiger partial charge on any atom is -0.462 e. The number of aliphatic hydroxyl groups is 1. The molecule has 0 aromatic rings. The zero-order valence-corrected chi connectivity index (χ0v) is 59.9. The number of rotatable bonds is 67. The largest absolute Gasteiger partial charge is 0.472 e. The van der Waals surface area contributed by atoms with Crippen LogP contribution < -0.4 is 0 Å². The average Bonchev–Trinajstić information content (AvgIpc) is 2.37. The van der Waals surface area contributed by atoms with E-state index in [9.17, 15) is 43.2 Å². The van der Waals surface area contributed by atoms with Crippen molar-refractivity contribution in [2.24, 2.45) is 17.8 Å². The van der Waals surface area contributed by atoms with Crippen molar-refractivity contribution in [2.45, 2.75) is 349 Å². The highest BCUT2D eigenvalue weighted by Crippen LogP contribution is 2.45. The lowest BCUT2D eigenvalue weighted by Crippen LogP contribution is -2.30. The van der Waals surface area contributed by atoms with Gasteiger partial charge in [0.1, 0.15) is 19.3 Å². The number of aliphatic hydroxyl groups excluding tert-OH is 1. The van der Waals surface area contributed by atoms with E-state index in [1.807, 2.05) is 0 Å². The SMILES string of the molecule is CCCCCC/C=C\C=C/CCCCCCCC(=O)O[C@H](COC(=O)CCCCCCCCCCCCCCC(C)C)COP(=O)(O)OC[C@@H](O)COP(=O)(O)OC[C@@H](COC(=O)CCCCCCCCC(C)CC)OC(=O)CCCCCCCCCC(C)C. The van der Waals surface area contributed by atoms with Crippen molar-refractivity contribution < 1.29 is 80.2 Å². The second kappa shape index (κ2) is 61.4. The zero-order chi connectivity index (χ0) is 66.6. The lowest BCUT2D eigenvalue weighted by atomic mass is 10.00. The summed E-state index contributed by atoms with van der Waals surface area (Å²) in [4.78, 5) is 72.5. The molecule has 0 fully saturated rings. The molecule has 0 aromatic carbocycles. The van der Waals surface area contributed by atoms with Crippen LogP contribution in [0.2, 0.25) is 0 Å². The van der Waals surface area contributed by atoms with Gasteiger partial charge in [0.05, 0.1) is 26.4 Å². The highest BCUT2D eigenvalue weighted by atomic mass is 31.2. The van der Waals surface area contributed by atoms with Crippen LogP contribution in [0.15, 0.2) is 24.3 Å². The van der Waals surface area contributed by atoms with E-state index in [-0.39, 0.29) is 25.7 Å². The number of unbranched alkanes of at least 4 members (excludes halogenated alkanes) is 31. The quantitative estimate of drug-likeness (QED) is 0.0169. The molecule has 90 heavy (non-hydrogen) atoms. The Morgan fingerprint density at radius 2 is 0.656 bits per heavy atom. The van der Waals surface area contributed by atoms with Gasteiger partial charge >= 0.3 is 39.5 Å². The summed E-state index contributed by atoms with van der Waals surface area (Å²) in [5.74, 6) is 0.0436. The summed E-state index contributed by atoms with van der Waals surface area (Å²) in [7, 11) is -9.91. The fourth-order valence-electron chi connectivity index (χ4n) is 10.1. The number of ether oxygens (including phenoxy) is 4. The Balaban J connectivity index is 5.29. The molecular formula is C71H134O17P2. The molecule has 0 rings (SSSR count). The van der Waals surface area contributed by atoms with Gasteiger partial charge in [-0.25, -0.2) is 9.13 Å². The van der Waals surface area contributed by atoms with E-state index in [1.165, 1.54) is 122 Å². The Morgan fingerprint density at radius 1 is 0.367 bits per heavy atom. The van der Waals surface area contributed by atoms with E-state index in [1.54, 1.807) is 0 Å². The summed E-state index contributed by atoms with van der Waals surface area (Å²) in [6.45, 7) is 11.7. The van der Waals surface area contributed by atoms with Crippen LogP contribution in [-0.4, -0.2) is 96.7 Å². The number of carbonyl (C=O) groups excluding carboxylic acids is 4. The van der Waals surface area contributed by atoms with Gasteiger partial charge in [-0.15, -0.1) is 0 Å². The summed E-state index contributed by atoms with van der Waals surface area (Å²) >= 11 is 0. The van der Waals surface area contributed by atoms with Crippen molar-refractivity contribution in [1.29, 1.82) is 0 Å². The molecule has 0 aliphatic carbocycles. The van der Waals surface area contributed by atoms with Crippen molar-refractivity contribution in [1.82, 2.24) is 0 Å². The Morgan fingerprint density at radius 3 is 0.989 bits per heavy atom. The number of hydrogen-bond donors (Lipinski definition) is 3. The van der Waals surface area contributed by atoms with Gasteiger partial charge in [-0.3, -0.25) is 37.3 Å². The first-order valence-corrected chi connectivity index (χ1v) is 39.2. The summed E-state index contributed by atoms with van der Waals surface area (Å²) in [6, 6.07) is 0. The molecule has 0 aliphatic heterocycles. The molecule has 0 radical (unpaired) electrons. The van der Waals surface area contributed by atoms with E-state index in [4.69, 9.17) is 37.0 Å². The van der Waals surface area contributed by atoms with Gasteiger partial charge in [0.25, 0.3) is 0 Å². The van der Waals surface area contributed by atoms with Gasteiger partial charge in [-0.2, -0.15) is 0 Å². The van der Waals surface area contributed by atoms with Crippen molar-refractivity contribution in [3.05, 3.63) is 24.3 Å². The van der Waals surface area contributed by atoms with Crippen LogP contribution in [0.5, 0.6) is 0 Å². The molecule has 0 aliphatic rings. The van der Waals surface area contributed by atoms with Crippen molar-refractivity contribution >= 4 is 39.5 Å². The Kier molecular flexibility index (Phi) is 59.7. The van der Waals surface area contributed by atoms with Gasteiger partial charge < -0.3 is 33.8 Å². The molecular weight excluding hydrogens is 1190 g/mol. The predicted octanol–water partition coefficient (Wildman–Crippen LogP) is 19.8. The third-order valence-electron chi connectivity index (χ3n) is 16.1. The Labute approximate surface area is 548 Å². The van der Waals surface area contributed by atoms with Crippen LogP contribution in [0.25, 0.3) is 0 Å². The number of phosphoric acid groups is 2. The fraction of sp³-hybridized carbons (Fsp3) is 0.887. The van der Waals surface area contributed by atoms with E-state index in [0.29, 0.717) is 31.6 Å². The van der Waals surface area contributed by atoms with Crippen LogP contribution in [0.3, 0.4) is 0 Å². The minimum atomic E-state index is -4.96. The van der Waals surface area contributed by atoms with Crippen molar-refractivity contribution in [2.75, 3.05) is 39.6 Å². The smallest absolute Gasteiger partial charge is 0.462 e. The molecule has 0 bridgehead atoms. The topological polar surface area (TPSA) is 237 Å². The molecule has 19 heteroatoms. The third kappa shape index (κ3) is 63.0. The van der Waals surface area contributed by atoms with Crippen molar-refractivity contribution in [3.63, 3.8) is 0 Å². The van der Waals surface area contributed by atoms with Gasteiger partial charge in [0, 0.05) is 25.7 Å². The van der Waals surface area contributed by atoms with Gasteiger partial charge in [0.2, 0.25) is 0 Å². The molecule has 530 valence electrons. The van der Waals surface area contributed by atoms with Gasteiger partial charge in [-0.05, 0) is 69.1 Å². The maximum absolute atomic E-state index is 13.0. The molecule has 0 saturated heterocycles. The molecule has 3 N–H and O–H groups in total. The second-order valence-electron chi connectivity index (χ2n) is 26.1. The average molecular weight is 1320 g/mol. The van der Waals surface area contributed by atoms with Crippen LogP contribution >= 0.6 is 15.6 Å². The maximum atomic E-state index is 13.0. The summed E-state index contributed by atoms with van der Waals surface area (Å²) in [5, 5.41) is 10.6. The molecule has 0 heterocycles. The van der Waals surface area contributed by atoms with Crippen LogP contribution in [0.4, 0.5) is 0 Å². The number of phosphoric ester groups is 2. The lowest BCUT2D eigenvalue weighted by molar-refractivity contribution is -0.161.